The van der Waals surface area contributed by atoms with Crippen LogP contribution >= 0.6 is 0 Å². The molecule has 10 nitrogen and oxygen atoms in total. The molecular weight excluding hydrogens is 380 g/mol. The Labute approximate surface area is 170 Å². The molecule has 0 amide bonds. The van der Waals surface area contributed by atoms with Gasteiger partial charge in [0.1, 0.15) is 12.3 Å². The highest BCUT2D eigenvalue weighted by Crippen LogP contribution is 2.25. The van der Waals surface area contributed by atoms with Gasteiger partial charge in [-0.3, -0.25) is 19.7 Å². The van der Waals surface area contributed by atoms with E-state index in [0.29, 0.717) is 25.3 Å². The lowest BCUT2D eigenvalue weighted by Crippen LogP contribution is -2.29. The summed E-state index contributed by atoms with van der Waals surface area (Å²) in [5.41, 5.74) is 15.9. The molecule has 0 spiro atoms. The van der Waals surface area contributed by atoms with E-state index in [4.69, 9.17) is 27.4 Å². The first-order valence-electron chi connectivity index (χ1n) is 9.59. The third kappa shape index (κ3) is 12.5. The van der Waals surface area contributed by atoms with Gasteiger partial charge in [0.15, 0.2) is 5.75 Å². The first-order valence-corrected chi connectivity index (χ1v) is 9.59. The van der Waals surface area contributed by atoms with Crippen molar-refractivity contribution in [1.29, 1.82) is 0 Å². The van der Waals surface area contributed by atoms with Crippen LogP contribution in [0.3, 0.4) is 0 Å². The summed E-state index contributed by atoms with van der Waals surface area (Å²) < 4.78 is 0. The third-order valence-corrected chi connectivity index (χ3v) is 4.27. The number of carbonyl (C=O) groups is 2. The molecule has 1 atom stereocenters. The smallest absolute Gasteiger partial charge is 0.320 e. The number of aromatic hydroxyl groups is 1. The van der Waals surface area contributed by atoms with Gasteiger partial charge in [0.2, 0.25) is 0 Å². The second kappa shape index (κ2) is 15.4. The molecule has 164 valence electrons. The summed E-state index contributed by atoms with van der Waals surface area (Å²) >= 11 is 0. The maximum Gasteiger partial charge on any atom is 0.320 e. The fraction of sp³-hybridized carbons (Fsp3) is 0.579. The van der Waals surface area contributed by atoms with Crippen molar-refractivity contribution in [2.45, 2.75) is 63.5 Å². The van der Waals surface area contributed by atoms with Crippen LogP contribution in [0.4, 0.5) is 5.69 Å². The monoisotopic (exact) mass is 412 g/mol. The Balaban J connectivity index is 0.000000419. The molecule has 1 aromatic carbocycles. The number of rotatable bonds is 7. The third-order valence-electron chi connectivity index (χ3n) is 4.27. The molecule has 0 saturated heterocycles. The van der Waals surface area contributed by atoms with Gasteiger partial charge in [0.25, 0.3) is 0 Å². The number of benzene rings is 1. The Morgan fingerprint density at radius 2 is 1.90 bits per heavy atom. The van der Waals surface area contributed by atoms with Crippen molar-refractivity contribution in [3.63, 3.8) is 0 Å². The lowest BCUT2D eigenvalue weighted by Gasteiger charge is -2.15. The minimum Gasteiger partial charge on any atom is -0.502 e. The SMILES string of the molecule is NC1CCCCC1.NCCCCC(N)C(=O)O.O=Cc1ccc([N+](=O)[O-])c(O)c1. The van der Waals surface area contributed by atoms with E-state index in [0.717, 1.165) is 25.0 Å². The molecule has 1 aliphatic rings. The van der Waals surface area contributed by atoms with Crippen LogP contribution in [0.15, 0.2) is 18.2 Å². The second-order valence-corrected chi connectivity index (χ2v) is 6.75. The number of carbonyl (C=O) groups excluding carboxylic acids is 1. The zero-order chi connectivity index (χ0) is 22.2. The van der Waals surface area contributed by atoms with Crippen LogP contribution in [-0.4, -0.2) is 46.0 Å². The maximum atomic E-state index is 10.2. The van der Waals surface area contributed by atoms with E-state index in [1.54, 1.807) is 0 Å². The average Bonchev–Trinajstić information content (AvgIpc) is 2.69. The van der Waals surface area contributed by atoms with Crippen LogP contribution < -0.4 is 17.2 Å². The number of nitrogens with zero attached hydrogens (tertiary/aromatic N) is 1. The molecule has 1 fully saturated rings. The molecule has 1 aliphatic carbocycles. The highest BCUT2D eigenvalue weighted by Gasteiger charge is 2.12. The molecule has 8 N–H and O–H groups in total. The Kier molecular flexibility index (Phi) is 14.0. The number of nitro groups is 1. The van der Waals surface area contributed by atoms with E-state index < -0.39 is 28.4 Å². The van der Waals surface area contributed by atoms with E-state index in [1.807, 2.05) is 0 Å². The topological polar surface area (TPSA) is 196 Å². The van der Waals surface area contributed by atoms with Gasteiger partial charge < -0.3 is 27.4 Å². The van der Waals surface area contributed by atoms with Gasteiger partial charge in [-0.05, 0) is 44.4 Å². The Bertz CT molecular complexity index is 635. The second-order valence-electron chi connectivity index (χ2n) is 6.75. The van der Waals surface area contributed by atoms with Crippen molar-refractivity contribution >= 4 is 17.9 Å². The molecule has 1 aromatic rings. The summed E-state index contributed by atoms with van der Waals surface area (Å²) in [7, 11) is 0. The van der Waals surface area contributed by atoms with Crippen molar-refractivity contribution in [3.05, 3.63) is 33.9 Å². The Morgan fingerprint density at radius 1 is 1.28 bits per heavy atom. The molecule has 1 unspecified atom stereocenters. The summed E-state index contributed by atoms with van der Waals surface area (Å²) in [6.07, 6.45) is 9.33. The number of nitrogens with two attached hydrogens (primary N) is 3. The molecule has 0 aliphatic heterocycles. The van der Waals surface area contributed by atoms with Crippen molar-refractivity contribution in [2.75, 3.05) is 6.54 Å². The standard InChI is InChI=1S/C7H5NO4.C6H14N2O2.C6H13N/c9-4-5-1-2-6(8(11)12)7(10)3-5;7-4-2-1-3-5(8)6(9)10;7-6-4-2-1-3-5-6/h1-4,10H;5H,1-4,7-8H2,(H,9,10);6H,1-5,7H2. The predicted octanol–water partition coefficient (Wildman–Crippen LogP) is 1.92. The molecule has 0 aromatic heterocycles. The summed E-state index contributed by atoms with van der Waals surface area (Å²) in [5.74, 6) is -1.43. The number of unbranched alkanes of at least 4 members (excludes halogenated alkanes) is 1. The number of aldehydes is 1. The van der Waals surface area contributed by atoms with Gasteiger partial charge in [-0.25, -0.2) is 0 Å². The first-order chi connectivity index (χ1) is 13.7. The normalized spacial score (nSPS) is 14.4. The number of hydrogen-bond donors (Lipinski definition) is 5. The van der Waals surface area contributed by atoms with Crippen molar-refractivity contribution in [1.82, 2.24) is 0 Å². The van der Waals surface area contributed by atoms with Crippen LogP contribution in [0.2, 0.25) is 0 Å². The number of phenols is 1. The number of nitro benzene ring substituents is 1. The van der Waals surface area contributed by atoms with E-state index in [1.165, 1.54) is 38.2 Å². The van der Waals surface area contributed by atoms with Gasteiger partial charge in [-0.2, -0.15) is 0 Å². The van der Waals surface area contributed by atoms with Gasteiger partial charge in [-0.15, -0.1) is 0 Å². The summed E-state index contributed by atoms with van der Waals surface area (Å²) in [5, 5.41) is 27.5. The number of hydrogen-bond acceptors (Lipinski definition) is 8. The largest absolute Gasteiger partial charge is 0.502 e. The number of carboxylic acid groups (broad SMARTS) is 1. The van der Waals surface area contributed by atoms with E-state index in [-0.39, 0.29) is 5.56 Å². The van der Waals surface area contributed by atoms with Crippen molar-refractivity contribution < 1.29 is 24.7 Å². The lowest BCUT2D eigenvalue weighted by molar-refractivity contribution is -0.385. The Morgan fingerprint density at radius 3 is 2.28 bits per heavy atom. The predicted molar refractivity (Wildman–Crippen MR) is 110 cm³/mol. The average molecular weight is 412 g/mol. The van der Waals surface area contributed by atoms with Crippen LogP contribution in [-0.2, 0) is 4.79 Å². The van der Waals surface area contributed by atoms with E-state index in [9.17, 15) is 19.7 Å². The summed E-state index contributed by atoms with van der Waals surface area (Å²) in [4.78, 5) is 29.8. The van der Waals surface area contributed by atoms with Crippen LogP contribution in [0.25, 0.3) is 0 Å². The number of carboxylic acids is 1. The maximum absolute atomic E-state index is 10.2. The van der Waals surface area contributed by atoms with Crippen molar-refractivity contribution in [3.8, 4) is 5.75 Å². The van der Waals surface area contributed by atoms with Crippen LogP contribution in [0, 0.1) is 10.1 Å². The summed E-state index contributed by atoms with van der Waals surface area (Å²) in [6, 6.07) is 3.22. The van der Waals surface area contributed by atoms with E-state index >= 15 is 0 Å². The molecule has 10 heteroatoms. The minimum absolute atomic E-state index is 0.207. The molecule has 2 rings (SSSR count). The van der Waals surface area contributed by atoms with Gasteiger partial charge in [-0.1, -0.05) is 25.7 Å². The quantitative estimate of drug-likeness (QED) is 0.192. The molecule has 0 bridgehead atoms. The molecule has 1 saturated carbocycles. The zero-order valence-corrected chi connectivity index (χ0v) is 16.5. The highest BCUT2D eigenvalue weighted by molar-refractivity contribution is 5.76. The van der Waals surface area contributed by atoms with Gasteiger partial charge in [0.05, 0.1) is 4.92 Å². The van der Waals surface area contributed by atoms with Crippen LogP contribution in [0.1, 0.15) is 61.7 Å². The molecule has 0 heterocycles. The number of aliphatic carboxylic acids is 1. The Hall–Kier alpha value is -2.56. The molecule has 29 heavy (non-hydrogen) atoms. The minimum atomic E-state index is -0.933. The van der Waals surface area contributed by atoms with Gasteiger partial charge >= 0.3 is 11.7 Å². The zero-order valence-electron chi connectivity index (χ0n) is 16.5. The molecule has 0 radical (unpaired) electrons. The first kappa shape index (κ1) is 26.4. The van der Waals surface area contributed by atoms with Crippen molar-refractivity contribution in [2.24, 2.45) is 17.2 Å². The van der Waals surface area contributed by atoms with Gasteiger partial charge in [0, 0.05) is 17.7 Å². The van der Waals surface area contributed by atoms with E-state index in [2.05, 4.69) is 0 Å². The molecular formula is C19H32N4O6. The number of phenolic OH excluding ortho intramolecular Hbond substituents is 1. The highest BCUT2D eigenvalue weighted by atomic mass is 16.6. The lowest BCUT2D eigenvalue weighted by atomic mass is 9.97. The van der Waals surface area contributed by atoms with Crippen LogP contribution in [0.5, 0.6) is 5.75 Å². The fourth-order valence-electron chi connectivity index (χ4n) is 2.53. The fourth-order valence-corrected chi connectivity index (χ4v) is 2.53. The summed E-state index contributed by atoms with van der Waals surface area (Å²) in [6.45, 7) is 0.604.